The van der Waals surface area contributed by atoms with Crippen molar-refractivity contribution in [3.63, 3.8) is 0 Å². The van der Waals surface area contributed by atoms with Crippen LogP contribution in [0.3, 0.4) is 0 Å². The number of nitrogens with one attached hydrogen (secondary N) is 1. The van der Waals surface area contributed by atoms with Gasteiger partial charge in [-0.05, 0) is 36.4 Å². The molecule has 2 aromatic rings. The van der Waals surface area contributed by atoms with E-state index in [0.717, 1.165) is 12.1 Å². The first-order valence-electron chi connectivity index (χ1n) is 5.67. The highest BCUT2D eigenvalue weighted by Gasteiger charge is 2.11. The Hall–Kier alpha value is -1.72. The third-order valence-corrected chi connectivity index (χ3v) is 3.83. The number of anilines is 1. The van der Waals surface area contributed by atoms with Crippen molar-refractivity contribution in [2.75, 3.05) is 11.6 Å². The summed E-state index contributed by atoms with van der Waals surface area (Å²) in [5, 5.41) is 2.67. The summed E-state index contributed by atoms with van der Waals surface area (Å²) < 4.78 is 24.3. The van der Waals surface area contributed by atoms with E-state index in [-0.39, 0.29) is 10.6 Å². The molecule has 0 unspecified atom stereocenters. The van der Waals surface area contributed by atoms with Crippen LogP contribution in [0, 0.1) is 5.82 Å². The van der Waals surface area contributed by atoms with Crippen LogP contribution in [0.25, 0.3) is 0 Å². The van der Waals surface area contributed by atoms with Gasteiger partial charge in [-0.1, -0.05) is 17.7 Å². The quantitative estimate of drug-likeness (QED) is 0.943. The summed E-state index contributed by atoms with van der Waals surface area (Å²) in [6, 6.07) is 10.2. The maximum Gasteiger partial charge on any atom is 0.257 e. The van der Waals surface area contributed by atoms with Crippen LogP contribution in [0.1, 0.15) is 10.4 Å². The summed E-state index contributed by atoms with van der Waals surface area (Å²) in [6.45, 7) is 0. The summed E-state index contributed by atoms with van der Waals surface area (Å²) in [6.07, 6.45) is 1.55. The Morgan fingerprint density at radius 2 is 2.00 bits per heavy atom. The zero-order valence-electron chi connectivity index (χ0n) is 10.5. The Balaban J connectivity index is 2.23. The lowest BCUT2D eigenvalue weighted by atomic mass is 10.2. The third kappa shape index (κ3) is 3.43. The van der Waals surface area contributed by atoms with Crippen molar-refractivity contribution >= 4 is 34.0 Å². The topological polar surface area (TPSA) is 46.2 Å². The molecular weight excluding hydrogens is 301 g/mol. The van der Waals surface area contributed by atoms with Crippen molar-refractivity contribution in [2.24, 2.45) is 0 Å². The molecule has 1 atom stereocenters. The van der Waals surface area contributed by atoms with Gasteiger partial charge in [-0.15, -0.1) is 0 Å². The molecule has 0 bridgehead atoms. The lowest BCUT2D eigenvalue weighted by molar-refractivity contribution is 0.102. The minimum absolute atomic E-state index is 0.0396. The molecule has 0 saturated carbocycles. The largest absolute Gasteiger partial charge is 0.322 e. The highest BCUT2D eigenvalue weighted by Crippen LogP contribution is 2.20. The van der Waals surface area contributed by atoms with E-state index >= 15 is 0 Å². The molecule has 1 N–H and O–H groups in total. The van der Waals surface area contributed by atoms with E-state index < -0.39 is 22.5 Å². The highest BCUT2D eigenvalue weighted by atomic mass is 35.5. The summed E-state index contributed by atoms with van der Waals surface area (Å²) in [5.74, 6) is -0.955. The van der Waals surface area contributed by atoms with Crippen molar-refractivity contribution in [1.29, 1.82) is 0 Å². The smallest absolute Gasteiger partial charge is 0.257 e. The fraction of sp³-hybridized carbons (Fsp3) is 0.0714. The van der Waals surface area contributed by atoms with Crippen LogP contribution in [0.15, 0.2) is 47.4 Å². The number of benzene rings is 2. The predicted molar refractivity (Wildman–Crippen MR) is 78.1 cm³/mol. The van der Waals surface area contributed by atoms with Crippen molar-refractivity contribution in [3.8, 4) is 0 Å². The molecule has 3 nitrogen and oxygen atoms in total. The SMILES string of the molecule is C[S@](=O)c1cccc(NC(=O)c2ccc(F)cc2Cl)c1. The van der Waals surface area contributed by atoms with Crippen LogP contribution in [0.4, 0.5) is 10.1 Å². The van der Waals surface area contributed by atoms with Crippen LogP contribution >= 0.6 is 11.6 Å². The predicted octanol–water partition coefficient (Wildman–Crippen LogP) is 3.47. The van der Waals surface area contributed by atoms with Gasteiger partial charge in [0.1, 0.15) is 5.82 Å². The Labute approximate surface area is 123 Å². The summed E-state index contributed by atoms with van der Waals surface area (Å²) in [4.78, 5) is 12.6. The van der Waals surface area contributed by atoms with E-state index in [2.05, 4.69) is 5.32 Å². The van der Waals surface area contributed by atoms with Gasteiger partial charge in [0, 0.05) is 27.6 Å². The second-order valence-electron chi connectivity index (χ2n) is 4.06. The lowest BCUT2D eigenvalue weighted by Crippen LogP contribution is -2.12. The van der Waals surface area contributed by atoms with Crippen LogP contribution in [0.5, 0.6) is 0 Å². The minimum atomic E-state index is -1.13. The number of carbonyl (C=O) groups excluding carboxylic acids is 1. The molecular formula is C14H11ClFNO2S. The number of hydrogen-bond donors (Lipinski definition) is 1. The maximum atomic E-state index is 12.9. The van der Waals surface area contributed by atoms with Gasteiger partial charge in [0.05, 0.1) is 10.6 Å². The first kappa shape index (κ1) is 14.7. The molecule has 104 valence electrons. The van der Waals surface area contributed by atoms with Crippen molar-refractivity contribution < 1.29 is 13.4 Å². The van der Waals surface area contributed by atoms with Gasteiger partial charge in [-0.3, -0.25) is 9.00 Å². The Kier molecular flexibility index (Phi) is 4.52. The minimum Gasteiger partial charge on any atom is -0.322 e. The van der Waals surface area contributed by atoms with Crippen molar-refractivity contribution in [3.05, 3.63) is 58.9 Å². The first-order valence-corrected chi connectivity index (χ1v) is 7.61. The highest BCUT2D eigenvalue weighted by molar-refractivity contribution is 7.84. The fourth-order valence-corrected chi connectivity index (χ4v) is 2.44. The summed E-state index contributed by atoms with van der Waals surface area (Å²) in [5.41, 5.74) is 0.680. The zero-order chi connectivity index (χ0) is 14.7. The second kappa shape index (κ2) is 6.15. The zero-order valence-corrected chi connectivity index (χ0v) is 12.1. The molecule has 0 aliphatic carbocycles. The van der Waals surface area contributed by atoms with E-state index in [4.69, 9.17) is 11.6 Å². The molecule has 6 heteroatoms. The monoisotopic (exact) mass is 311 g/mol. The fourth-order valence-electron chi connectivity index (χ4n) is 1.62. The van der Waals surface area contributed by atoms with E-state index in [0.29, 0.717) is 10.6 Å². The molecule has 0 spiro atoms. The average molecular weight is 312 g/mol. The number of amides is 1. The number of halogens is 2. The van der Waals surface area contributed by atoms with Gasteiger partial charge < -0.3 is 5.32 Å². The Bertz CT molecular complexity index is 691. The molecule has 0 radical (unpaired) electrons. The third-order valence-electron chi connectivity index (χ3n) is 2.60. The molecule has 20 heavy (non-hydrogen) atoms. The average Bonchev–Trinajstić information content (AvgIpc) is 2.38. The molecule has 0 aliphatic rings. The Morgan fingerprint density at radius 3 is 2.65 bits per heavy atom. The van der Waals surface area contributed by atoms with Crippen molar-refractivity contribution in [1.82, 2.24) is 0 Å². The molecule has 0 aliphatic heterocycles. The van der Waals surface area contributed by atoms with E-state index in [1.807, 2.05) is 0 Å². The van der Waals surface area contributed by atoms with Gasteiger partial charge in [0.25, 0.3) is 5.91 Å². The lowest BCUT2D eigenvalue weighted by Gasteiger charge is -2.08. The van der Waals surface area contributed by atoms with Crippen LogP contribution in [0.2, 0.25) is 5.02 Å². The van der Waals surface area contributed by atoms with Crippen LogP contribution in [-0.4, -0.2) is 16.4 Å². The van der Waals surface area contributed by atoms with Gasteiger partial charge in [-0.2, -0.15) is 0 Å². The van der Waals surface area contributed by atoms with Crippen LogP contribution < -0.4 is 5.32 Å². The second-order valence-corrected chi connectivity index (χ2v) is 5.85. The molecule has 0 heterocycles. The van der Waals surface area contributed by atoms with Gasteiger partial charge in [0.15, 0.2) is 0 Å². The van der Waals surface area contributed by atoms with Gasteiger partial charge >= 0.3 is 0 Å². The molecule has 0 aromatic heterocycles. The molecule has 0 saturated heterocycles. The summed E-state index contributed by atoms with van der Waals surface area (Å²) >= 11 is 5.82. The number of rotatable bonds is 3. The Morgan fingerprint density at radius 1 is 1.25 bits per heavy atom. The van der Waals surface area contributed by atoms with E-state index in [9.17, 15) is 13.4 Å². The number of carbonyl (C=O) groups is 1. The van der Waals surface area contributed by atoms with E-state index in [1.165, 1.54) is 6.07 Å². The standard InChI is InChI=1S/C14H11ClFNO2S/c1-20(19)11-4-2-3-10(8-11)17-14(18)12-6-5-9(16)7-13(12)15/h2-8H,1H3,(H,17,18)/t20-/m0/s1. The number of hydrogen-bond acceptors (Lipinski definition) is 2. The van der Waals surface area contributed by atoms with Crippen molar-refractivity contribution in [2.45, 2.75) is 4.90 Å². The molecule has 0 fully saturated rings. The van der Waals surface area contributed by atoms with Gasteiger partial charge in [0.2, 0.25) is 0 Å². The molecule has 1 amide bonds. The molecule has 2 rings (SSSR count). The maximum absolute atomic E-state index is 12.9. The van der Waals surface area contributed by atoms with Gasteiger partial charge in [-0.25, -0.2) is 4.39 Å². The summed E-state index contributed by atoms with van der Waals surface area (Å²) in [7, 11) is -1.13. The normalized spacial score (nSPS) is 11.9. The van der Waals surface area contributed by atoms with Crippen LogP contribution in [-0.2, 0) is 10.8 Å². The van der Waals surface area contributed by atoms with E-state index in [1.54, 1.807) is 30.5 Å². The first-order chi connectivity index (χ1) is 9.47. The molecule has 2 aromatic carbocycles.